The van der Waals surface area contributed by atoms with Gasteiger partial charge >= 0.3 is 0 Å². The topological polar surface area (TPSA) is 76.1 Å². The number of anilines is 1. The SMILES string of the molecule is Cc1ccccc1N(C)S(=O)(=O)c1nc2nc(Cl)nc(Cl)c2s1. The van der Waals surface area contributed by atoms with E-state index in [0.717, 1.165) is 16.9 Å². The molecule has 120 valence electrons. The van der Waals surface area contributed by atoms with Crippen molar-refractivity contribution < 1.29 is 8.42 Å². The molecule has 0 N–H and O–H groups in total. The highest BCUT2D eigenvalue weighted by molar-refractivity contribution is 7.94. The second-order valence-corrected chi connectivity index (χ2v) is 8.51. The van der Waals surface area contributed by atoms with Crippen molar-refractivity contribution >= 4 is 60.6 Å². The van der Waals surface area contributed by atoms with Gasteiger partial charge in [0, 0.05) is 7.05 Å². The zero-order chi connectivity index (χ0) is 16.8. The Labute approximate surface area is 146 Å². The second-order valence-electron chi connectivity index (χ2n) is 4.67. The summed E-state index contributed by atoms with van der Waals surface area (Å²) in [6, 6.07) is 7.18. The highest BCUT2D eigenvalue weighted by Gasteiger charge is 2.27. The number of nitrogens with zero attached hydrogens (tertiary/aromatic N) is 4. The normalized spacial score (nSPS) is 11.8. The average molecular weight is 389 g/mol. The van der Waals surface area contributed by atoms with Gasteiger partial charge in [0.1, 0.15) is 4.70 Å². The van der Waals surface area contributed by atoms with Crippen LogP contribution in [0.2, 0.25) is 10.4 Å². The van der Waals surface area contributed by atoms with Crippen LogP contribution in [0.5, 0.6) is 0 Å². The molecule has 0 radical (unpaired) electrons. The van der Waals surface area contributed by atoms with Crippen molar-refractivity contribution in [3.8, 4) is 0 Å². The molecule has 0 atom stereocenters. The molecule has 0 amide bonds. The van der Waals surface area contributed by atoms with E-state index in [2.05, 4.69) is 15.0 Å². The molecular formula is C13H10Cl2N4O2S2. The van der Waals surface area contributed by atoms with Crippen LogP contribution < -0.4 is 4.31 Å². The largest absolute Gasteiger partial charge is 0.291 e. The van der Waals surface area contributed by atoms with Crippen molar-refractivity contribution in [2.24, 2.45) is 0 Å². The third-order valence-electron chi connectivity index (χ3n) is 3.20. The summed E-state index contributed by atoms with van der Waals surface area (Å²) in [5, 5.41) is 0.00139. The Bertz CT molecular complexity index is 1000. The number of thiazole rings is 1. The standard InChI is InChI=1S/C13H10Cl2N4O2S2/c1-7-5-3-4-6-8(7)19(2)23(20,21)13-18-11-9(22-13)10(14)16-12(15)17-11/h3-6H,1-2H3. The first-order valence-corrected chi connectivity index (χ1v) is 9.36. The van der Waals surface area contributed by atoms with Crippen molar-refractivity contribution in [1.29, 1.82) is 0 Å². The highest BCUT2D eigenvalue weighted by Crippen LogP contribution is 2.33. The molecule has 3 rings (SSSR count). The second kappa shape index (κ2) is 5.86. The van der Waals surface area contributed by atoms with Crippen LogP contribution in [0.1, 0.15) is 5.56 Å². The first-order valence-electron chi connectivity index (χ1n) is 6.35. The van der Waals surface area contributed by atoms with Gasteiger partial charge in [-0.2, -0.15) is 13.4 Å². The number of hydrogen-bond acceptors (Lipinski definition) is 6. The van der Waals surface area contributed by atoms with Crippen LogP contribution in [-0.2, 0) is 10.0 Å². The van der Waals surface area contributed by atoms with Gasteiger partial charge in [-0.05, 0) is 30.2 Å². The van der Waals surface area contributed by atoms with E-state index in [4.69, 9.17) is 23.2 Å². The number of benzene rings is 1. The fourth-order valence-electron chi connectivity index (χ4n) is 2.02. The van der Waals surface area contributed by atoms with E-state index in [1.54, 1.807) is 12.1 Å². The van der Waals surface area contributed by atoms with E-state index in [0.29, 0.717) is 10.4 Å². The van der Waals surface area contributed by atoms with E-state index in [9.17, 15) is 8.42 Å². The molecule has 10 heteroatoms. The molecule has 2 aromatic heterocycles. The lowest BCUT2D eigenvalue weighted by Crippen LogP contribution is -2.27. The van der Waals surface area contributed by atoms with Crippen LogP contribution in [0.3, 0.4) is 0 Å². The molecule has 0 fully saturated rings. The summed E-state index contributed by atoms with van der Waals surface area (Å²) >= 11 is 12.6. The van der Waals surface area contributed by atoms with E-state index in [1.807, 2.05) is 19.1 Å². The molecule has 0 saturated carbocycles. The third kappa shape index (κ3) is 2.87. The Morgan fingerprint density at radius 2 is 1.83 bits per heavy atom. The molecule has 0 spiro atoms. The van der Waals surface area contributed by atoms with Gasteiger partial charge in [0.2, 0.25) is 9.62 Å². The lowest BCUT2D eigenvalue weighted by molar-refractivity contribution is 0.593. The predicted octanol–water partition coefficient (Wildman–Crippen LogP) is 3.53. The Balaban J connectivity index is 2.13. The van der Waals surface area contributed by atoms with Crippen LogP contribution in [0.15, 0.2) is 28.6 Å². The number of aromatic nitrogens is 3. The molecule has 6 nitrogen and oxygen atoms in total. The van der Waals surface area contributed by atoms with Gasteiger partial charge in [0.05, 0.1) is 5.69 Å². The maximum Gasteiger partial charge on any atom is 0.291 e. The van der Waals surface area contributed by atoms with E-state index >= 15 is 0 Å². The molecular weight excluding hydrogens is 379 g/mol. The van der Waals surface area contributed by atoms with Crippen molar-refractivity contribution in [1.82, 2.24) is 15.0 Å². The summed E-state index contributed by atoms with van der Waals surface area (Å²) < 4.78 is 27.1. The third-order valence-corrected chi connectivity index (χ3v) is 6.93. The van der Waals surface area contributed by atoms with Crippen molar-refractivity contribution in [2.75, 3.05) is 11.4 Å². The van der Waals surface area contributed by atoms with Crippen LogP contribution in [-0.4, -0.2) is 30.4 Å². The molecule has 2 heterocycles. The number of aryl methyl sites for hydroxylation is 1. The summed E-state index contributed by atoms with van der Waals surface area (Å²) in [6.07, 6.45) is 0. The number of fused-ring (bicyclic) bond motifs is 1. The molecule has 23 heavy (non-hydrogen) atoms. The van der Waals surface area contributed by atoms with Gasteiger partial charge in [-0.15, -0.1) is 0 Å². The first kappa shape index (κ1) is 16.4. The number of rotatable bonds is 3. The summed E-state index contributed by atoms with van der Waals surface area (Å²) in [7, 11) is -2.36. The molecule has 1 aromatic carbocycles. The smallest absolute Gasteiger partial charge is 0.267 e. The minimum absolute atomic E-state index is 0.0796. The quantitative estimate of drug-likeness (QED) is 0.506. The molecule has 0 aliphatic rings. The Kier molecular flexibility index (Phi) is 4.18. The van der Waals surface area contributed by atoms with Gasteiger partial charge in [0.25, 0.3) is 10.0 Å². The Morgan fingerprint density at radius 3 is 2.52 bits per heavy atom. The Hall–Kier alpha value is -1.48. The molecule has 0 aliphatic heterocycles. The monoisotopic (exact) mass is 388 g/mol. The van der Waals surface area contributed by atoms with E-state index < -0.39 is 10.0 Å². The number of hydrogen-bond donors (Lipinski definition) is 0. The maximum atomic E-state index is 12.8. The summed E-state index contributed by atoms with van der Waals surface area (Å²) in [5.74, 6) is 0. The highest BCUT2D eigenvalue weighted by atomic mass is 35.5. The molecule has 0 unspecified atom stereocenters. The maximum absolute atomic E-state index is 12.8. The van der Waals surface area contributed by atoms with Gasteiger partial charge in [-0.25, -0.2) is 9.97 Å². The summed E-state index contributed by atoms with van der Waals surface area (Å²) in [6.45, 7) is 1.84. The summed E-state index contributed by atoms with van der Waals surface area (Å²) in [4.78, 5) is 11.8. The van der Waals surface area contributed by atoms with E-state index in [1.165, 1.54) is 11.4 Å². The van der Waals surface area contributed by atoms with Crippen LogP contribution in [0.4, 0.5) is 5.69 Å². The van der Waals surface area contributed by atoms with Crippen LogP contribution in [0.25, 0.3) is 10.3 Å². The van der Waals surface area contributed by atoms with Crippen LogP contribution in [0, 0.1) is 6.92 Å². The minimum atomic E-state index is -3.83. The zero-order valence-corrected chi connectivity index (χ0v) is 15.1. The molecule has 0 aliphatic carbocycles. The molecule has 0 bridgehead atoms. The molecule has 3 aromatic rings. The van der Waals surface area contributed by atoms with Crippen molar-refractivity contribution in [2.45, 2.75) is 11.3 Å². The van der Waals surface area contributed by atoms with Gasteiger partial charge in [-0.1, -0.05) is 41.1 Å². The van der Waals surface area contributed by atoms with Crippen molar-refractivity contribution in [3.05, 3.63) is 40.3 Å². The number of halogens is 2. The Morgan fingerprint density at radius 1 is 1.13 bits per heavy atom. The summed E-state index contributed by atoms with van der Waals surface area (Å²) in [5.41, 5.74) is 1.57. The lowest BCUT2D eigenvalue weighted by Gasteiger charge is -2.19. The lowest BCUT2D eigenvalue weighted by atomic mass is 10.2. The van der Waals surface area contributed by atoms with Gasteiger partial charge < -0.3 is 0 Å². The average Bonchev–Trinajstić information content (AvgIpc) is 2.92. The van der Waals surface area contributed by atoms with Crippen molar-refractivity contribution in [3.63, 3.8) is 0 Å². The fourth-order valence-corrected chi connectivity index (χ4v) is 5.03. The fraction of sp³-hybridized carbons (Fsp3) is 0.154. The first-order chi connectivity index (χ1) is 10.8. The number of sulfonamides is 1. The van der Waals surface area contributed by atoms with Gasteiger partial charge in [-0.3, -0.25) is 4.31 Å². The van der Waals surface area contributed by atoms with Crippen LogP contribution >= 0.6 is 34.5 Å². The molecule has 0 saturated heterocycles. The van der Waals surface area contributed by atoms with E-state index in [-0.39, 0.29) is 20.4 Å². The zero-order valence-electron chi connectivity index (χ0n) is 12.0. The minimum Gasteiger partial charge on any atom is -0.267 e. The van der Waals surface area contributed by atoms with Gasteiger partial charge in [0.15, 0.2) is 10.8 Å². The number of para-hydroxylation sites is 1. The predicted molar refractivity (Wildman–Crippen MR) is 92.0 cm³/mol.